The van der Waals surface area contributed by atoms with E-state index in [1.54, 1.807) is 0 Å². The standard InChI is InChI=1S/C16H33O4/c1-5-17-12-9-15(10-13-18-6-2)16(20-8-4)11-14-19-7-3/h16H,5-14H2,1-4H3. The van der Waals surface area contributed by atoms with E-state index in [2.05, 4.69) is 0 Å². The number of ether oxygens (including phenoxy) is 4. The fourth-order valence-electron chi connectivity index (χ4n) is 2.08. The summed E-state index contributed by atoms with van der Waals surface area (Å²) in [7, 11) is 0. The lowest BCUT2D eigenvalue weighted by Crippen LogP contribution is -2.26. The highest BCUT2D eigenvalue weighted by Crippen LogP contribution is 2.23. The Morgan fingerprint density at radius 1 is 0.700 bits per heavy atom. The Morgan fingerprint density at radius 3 is 1.65 bits per heavy atom. The zero-order valence-electron chi connectivity index (χ0n) is 13.8. The number of hydrogen-bond donors (Lipinski definition) is 0. The second-order valence-electron chi connectivity index (χ2n) is 4.48. The largest absolute Gasteiger partial charge is 0.382 e. The average Bonchev–Trinajstić information content (AvgIpc) is 2.45. The molecule has 1 radical (unpaired) electrons. The van der Waals surface area contributed by atoms with Crippen molar-refractivity contribution in [1.29, 1.82) is 0 Å². The zero-order chi connectivity index (χ0) is 15.1. The molecule has 4 heteroatoms. The topological polar surface area (TPSA) is 36.9 Å². The van der Waals surface area contributed by atoms with Crippen LogP contribution in [0.25, 0.3) is 0 Å². The third-order valence-electron chi connectivity index (χ3n) is 3.09. The van der Waals surface area contributed by atoms with Crippen LogP contribution in [0.1, 0.15) is 47.0 Å². The number of rotatable bonds is 15. The van der Waals surface area contributed by atoms with Gasteiger partial charge in [-0.1, -0.05) is 0 Å². The first-order chi connectivity index (χ1) is 9.79. The summed E-state index contributed by atoms with van der Waals surface area (Å²) in [5.41, 5.74) is 0. The minimum atomic E-state index is 0.160. The quantitative estimate of drug-likeness (QED) is 0.434. The molecule has 0 bridgehead atoms. The van der Waals surface area contributed by atoms with E-state index in [1.807, 2.05) is 27.7 Å². The predicted molar refractivity (Wildman–Crippen MR) is 82.0 cm³/mol. The van der Waals surface area contributed by atoms with Crippen LogP contribution in [0.2, 0.25) is 0 Å². The molecule has 0 aliphatic carbocycles. The first-order valence-corrected chi connectivity index (χ1v) is 7.99. The van der Waals surface area contributed by atoms with Gasteiger partial charge in [-0.2, -0.15) is 0 Å². The van der Waals surface area contributed by atoms with Crippen molar-refractivity contribution >= 4 is 0 Å². The van der Waals surface area contributed by atoms with Gasteiger partial charge in [0.15, 0.2) is 0 Å². The van der Waals surface area contributed by atoms with E-state index in [9.17, 15) is 0 Å². The van der Waals surface area contributed by atoms with Gasteiger partial charge in [0.05, 0.1) is 6.10 Å². The second kappa shape index (κ2) is 15.2. The fraction of sp³-hybridized carbons (Fsp3) is 0.938. The molecule has 4 nitrogen and oxygen atoms in total. The molecule has 1 atom stereocenters. The van der Waals surface area contributed by atoms with Crippen molar-refractivity contribution in [1.82, 2.24) is 0 Å². The summed E-state index contributed by atoms with van der Waals surface area (Å²) in [5, 5.41) is 0. The maximum absolute atomic E-state index is 5.88. The summed E-state index contributed by atoms with van der Waals surface area (Å²) in [6.45, 7) is 13.4. The number of hydrogen-bond acceptors (Lipinski definition) is 4. The van der Waals surface area contributed by atoms with Crippen LogP contribution in [0, 0.1) is 5.92 Å². The summed E-state index contributed by atoms with van der Waals surface area (Å²) in [6.07, 6.45) is 2.96. The van der Waals surface area contributed by atoms with Crippen molar-refractivity contribution in [2.75, 3.05) is 46.2 Å². The van der Waals surface area contributed by atoms with Crippen LogP contribution in [-0.4, -0.2) is 52.4 Å². The summed E-state index contributed by atoms with van der Waals surface area (Å²) < 4.78 is 22.3. The van der Waals surface area contributed by atoms with Crippen molar-refractivity contribution in [3.05, 3.63) is 5.92 Å². The maximum Gasteiger partial charge on any atom is 0.0661 e. The van der Waals surface area contributed by atoms with Crippen molar-refractivity contribution < 1.29 is 18.9 Å². The molecule has 0 fully saturated rings. The van der Waals surface area contributed by atoms with Crippen LogP contribution in [-0.2, 0) is 18.9 Å². The highest BCUT2D eigenvalue weighted by molar-refractivity contribution is 4.98. The minimum Gasteiger partial charge on any atom is -0.382 e. The first-order valence-electron chi connectivity index (χ1n) is 7.99. The van der Waals surface area contributed by atoms with Crippen LogP contribution < -0.4 is 0 Å². The highest BCUT2D eigenvalue weighted by Gasteiger charge is 2.22. The van der Waals surface area contributed by atoms with Gasteiger partial charge in [-0.3, -0.25) is 0 Å². The molecular formula is C16H33O4. The molecule has 0 saturated heterocycles. The van der Waals surface area contributed by atoms with Gasteiger partial charge in [-0.25, -0.2) is 0 Å². The molecule has 0 heterocycles. The van der Waals surface area contributed by atoms with Crippen molar-refractivity contribution in [3.63, 3.8) is 0 Å². The van der Waals surface area contributed by atoms with Crippen molar-refractivity contribution in [2.24, 2.45) is 0 Å². The third-order valence-corrected chi connectivity index (χ3v) is 3.09. The van der Waals surface area contributed by atoms with Gasteiger partial charge in [0.2, 0.25) is 0 Å². The predicted octanol–water partition coefficient (Wildman–Crippen LogP) is 3.25. The Labute approximate surface area is 125 Å². The van der Waals surface area contributed by atoms with Crippen LogP contribution >= 0.6 is 0 Å². The van der Waals surface area contributed by atoms with Crippen molar-refractivity contribution in [2.45, 2.75) is 53.1 Å². The van der Waals surface area contributed by atoms with E-state index in [0.717, 1.165) is 65.5 Å². The molecule has 0 N–H and O–H groups in total. The molecule has 0 aromatic rings. The van der Waals surface area contributed by atoms with Gasteiger partial charge >= 0.3 is 0 Å². The Balaban J connectivity index is 4.27. The van der Waals surface area contributed by atoms with Gasteiger partial charge in [-0.05, 0) is 47.0 Å². The highest BCUT2D eigenvalue weighted by atomic mass is 16.5. The molecule has 0 aromatic carbocycles. The van der Waals surface area contributed by atoms with Crippen LogP contribution in [0.3, 0.4) is 0 Å². The molecule has 0 spiro atoms. The second-order valence-corrected chi connectivity index (χ2v) is 4.48. The van der Waals surface area contributed by atoms with E-state index in [4.69, 9.17) is 18.9 Å². The van der Waals surface area contributed by atoms with Gasteiger partial charge in [0.25, 0.3) is 0 Å². The Hall–Kier alpha value is -0.160. The molecule has 20 heavy (non-hydrogen) atoms. The summed E-state index contributed by atoms with van der Waals surface area (Å²) in [5.74, 6) is 1.38. The SMILES string of the molecule is CCOCC[C](CCOCC)C(CCOCC)OCC. The van der Waals surface area contributed by atoms with Crippen molar-refractivity contribution in [3.8, 4) is 0 Å². The van der Waals surface area contributed by atoms with E-state index in [1.165, 1.54) is 5.92 Å². The lowest BCUT2D eigenvalue weighted by molar-refractivity contribution is 0.0237. The first kappa shape index (κ1) is 19.8. The Kier molecular flexibility index (Phi) is 15.1. The summed E-state index contributed by atoms with van der Waals surface area (Å²) in [4.78, 5) is 0. The smallest absolute Gasteiger partial charge is 0.0661 e. The van der Waals surface area contributed by atoms with E-state index < -0.39 is 0 Å². The van der Waals surface area contributed by atoms with Gasteiger partial charge in [-0.15, -0.1) is 0 Å². The monoisotopic (exact) mass is 289 g/mol. The molecule has 0 rings (SSSR count). The molecule has 121 valence electrons. The summed E-state index contributed by atoms with van der Waals surface area (Å²) >= 11 is 0. The molecule has 0 amide bonds. The normalized spacial score (nSPS) is 13.1. The van der Waals surface area contributed by atoms with E-state index in [-0.39, 0.29) is 6.10 Å². The van der Waals surface area contributed by atoms with Crippen LogP contribution in [0.5, 0.6) is 0 Å². The molecular weight excluding hydrogens is 256 g/mol. The zero-order valence-corrected chi connectivity index (χ0v) is 13.8. The Morgan fingerprint density at radius 2 is 1.20 bits per heavy atom. The molecule has 1 unspecified atom stereocenters. The Bertz CT molecular complexity index is 177. The molecule has 0 saturated carbocycles. The lowest BCUT2D eigenvalue weighted by Gasteiger charge is -2.26. The van der Waals surface area contributed by atoms with Gasteiger partial charge in [0.1, 0.15) is 0 Å². The van der Waals surface area contributed by atoms with Gasteiger partial charge in [0, 0.05) is 52.2 Å². The average molecular weight is 289 g/mol. The maximum atomic E-state index is 5.88. The van der Waals surface area contributed by atoms with Crippen LogP contribution in [0.15, 0.2) is 0 Å². The fourth-order valence-corrected chi connectivity index (χ4v) is 2.08. The molecule has 0 aliphatic heterocycles. The third kappa shape index (κ3) is 10.6. The van der Waals surface area contributed by atoms with Crippen LogP contribution in [0.4, 0.5) is 0 Å². The minimum absolute atomic E-state index is 0.160. The lowest BCUT2D eigenvalue weighted by atomic mass is 9.93. The molecule has 0 aliphatic rings. The summed E-state index contributed by atoms with van der Waals surface area (Å²) in [6, 6.07) is 0. The van der Waals surface area contributed by atoms with E-state index >= 15 is 0 Å². The molecule has 0 aromatic heterocycles. The van der Waals surface area contributed by atoms with E-state index in [0.29, 0.717) is 0 Å². The van der Waals surface area contributed by atoms with Gasteiger partial charge < -0.3 is 18.9 Å².